The number of aliphatic carboxylic acids is 1. The van der Waals surface area contributed by atoms with Crippen LogP contribution in [0.4, 0.5) is 0 Å². The van der Waals surface area contributed by atoms with Gasteiger partial charge in [0.15, 0.2) is 0 Å². The Kier molecular flexibility index (Phi) is 7.74. The molecule has 5 rings (SSSR count). The minimum Gasteiger partial charge on any atom is -0.478 e. The van der Waals surface area contributed by atoms with Gasteiger partial charge in [-0.05, 0) is 72.0 Å². The van der Waals surface area contributed by atoms with Gasteiger partial charge in [-0.1, -0.05) is 84.9 Å². The van der Waals surface area contributed by atoms with Crippen LogP contribution in [0, 0.1) is 0 Å². The zero-order valence-corrected chi connectivity index (χ0v) is 23.0. The Balaban J connectivity index is 1.50. The Morgan fingerprint density at radius 2 is 1.29 bits per heavy atom. The summed E-state index contributed by atoms with van der Waals surface area (Å²) < 4.78 is 18.0. The number of allylic oxidation sites excluding steroid dienone is 1. The molecule has 206 valence electrons. The fourth-order valence-corrected chi connectivity index (χ4v) is 4.96. The third-order valence-corrected chi connectivity index (χ3v) is 6.86. The van der Waals surface area contributed by atoms with E-state index >= 15 is 0 Å². The van der Waals surface area contributed by atoms with Gasteiger partial charge >= 0.3 is 17.9 Å². The molecule has 6 heteroatoms. The summed E-state index contributed by atoms with van der Waals surface area (Å²) in [4.78, 5) is 25.2. The fourth-order valence-electron chi connectivity index (χ4n) is 4.96. The summed E-state index contributed by atoms with van der Waals surface area (Å²) in [6.07, 6.45) is 3.52. The molecule has 1 N–H and O–H groups in total. The number of ether oxygens (including phenoxy) is 3. The second kappa shape index (κ2) is 11.6. The molecule has 4 aromatic rings. The number of benzene rings is 4. The first-order valence-corrected chi connectivity index (χ1v) is 13.3. The molecule has 0 saturated heterocycles. The largest absolute Gasteiger partial charge is 0.478 e. The summed E-state index contributed by atoms with van der Waals surface area (Å²) in [5.74, 6) is -2.69. The van der Waals surface area contributed by atoms with Gasteiger partial charge in [-0.2, -0.15) is 0 Å². The molecular formula is C35H30O6. The van der Waals surface area contributed by atoms with Crippen molar-refractivity contribution in [1.29, 1.82) is 0 Å². The molecule has 0 aliphatic heterocycles. The number of carbonyl (C=O) groups is 2. The number of hydrogen-bond acceptors (Lipinski definition) is 5. The third kappa shape index (κ3) is 6.07. The predicted molar refractivity (Wildman–Crippen MR) is 157 cm³/mol. The molecule has 41 heavy (non-hydrogen) atoms. The van der Waals surface area contributed by atoms with E-state index in [1.807, 2.05) is 84.9 Å². The maximum atomic E-state index is 13.6. The SMILES string of the molecule is CC(=Cc1cccc2c1C(C=C(C)C(=O)OC(C)(Oc1ccccc1)Oc1ccccc1)c1ccccc1-2)C(=O)O. The summed E-state index contributed by atoms with van der Waals surface area (Å²) in [6, 6.07) is 31.8. The molecule has 0 amide bonds. The Hall–Kier alpha value is -5.10. The number of para-hydroxylation sites is 2. The second-order valence-electron chi connectivity index (χ2n) is 9.94. The second-order valence-corrected chi connectivity index (χ2v) is 9.94. The van der Waals surface area contributed by atoms with Crippen LogP contribution in [0.2, 0.25) is 0 Å². The van der Waals surface area contributed by atoms with E-state index in [9.17, 15) is 14.7 Å². The van der Waals surface area contributed by atoms with E-state index in [0.717, 1.165) is 27.8 Å². The highest BCUT2D eigenvalue weighted by molar-refractivity contribution is 5.94. The van der Waals surface area contributed by atoms with Gasteiger partial charge in [-0.15, -0.1) is 0 Å². The molecule has 1 unspecified atom stereocenters. The molecule has 0 aromatic heterocycles. The van der Waals surface area contributed by atoms with Gasteiger partial charge in [0.25, 0.3) is 0 Å². The monoisotopic (exact) mass is 546 g/mol. The average molecular weight is 547 g/mol. The average Bonchev–Trinajstić information content (AvgIpc) is 3.28. The van der Waals surface area contributed by atoms with Gasteiger partial charge in [0.2, 0.25) is 0 Å². The summed E-state index contributed by atoms with van der Waals surface area (Å²) in [5, 5.41) is 9.50. The van der Waals surface area contributed by atoms with Crippen molar-refractivity contribution in [3.63, 3.8) is 0 Å². The molecule has 0 radical (unpaired) electrons. The normalized spacial score (nSPS) is 14.6. The lowest BCUT2D eigenvalue weighted by Gasteiger charge is -2.30. The molecule has 6 nitrogen and oxygen atoms in total. The highest BCUT2D eigenvalue weighted by atomic mass is 16.9. The van der Waals surface area contributed by atoms with Gasteiger partial charge in [-0.25, -0.2) is 9.59 Å². The smallest absolute Gasteiger partial charge is 0.416 e. The molecule has 0 bridgehead atoms. The van der Waals surface area contributed by atoms with Crippen LogP contribution in [0.15, 0.2) is 120 Å². The first kappa shape index (κ1) is 27.5. The molecule has 0 heterocycles. The van der Waals surface area contributed by atoms with Crippen molar-refractivity contribution in [3.8, 4) is 22.6 Å². The maximum Gasteiger partial charge on any atom is 0.416 e. The molecule has 0 fully saturated rings. The van der Waals surface area contributed by atoms with Crippen LogP contribution in [0.5, 0.6) is 11.5 Å². The van der Waals surface area contributed by atoms with E-state index in [2.05, 4.69) is 0 Å². The standard InChI is InChI=1S/C35H30O6/c1-23(33(36)37)21-25-13-12-20-30-28-18-10-11-19-29(28)31(32(25)30)22-24(2)34(38)41-35(3,39-26-14-6-4-7-15-26)40-27-16-8-5-9-17-27/h4-22,31H,1-3H3,(H,36,37). The van der Waals surface area contributed by atoms with Gasteiger partial charge in [0.1, 0.15) is 11.5 Å². The van der Waals surface area contributed by atoms with Gasteiger partial charge < -0.3 is 19.3 Å². The molecule has 1 aliphatic carbocycles. The minimum atomic E-state index is -1.76. The summed E-state index contributed by atoms with van der Waals surface area (Å²) >= 11 is 0. The third-order valence-electron chi connectivity index (χ3n) is 6.86. The quantitative estimate of drug-likeness (QED) is 0.132. The number of fused-ring (bicyclic) bond motifs is 3. The minimum absolute atomic E-state index is 0.222. The highest BCUT2D eigenvalue weighted by Gasteiger charge is 2.36. The number of esters is 1. The van der Waals surface area contributed by atoms with Gasteiger partial charge in [0, 0.05) is 17.1 Å². The van der Waals surface area contributed by atoms with E-state index in [4.69, 9.17) is 14.2 Å². The number of carboxylic acids is 1. The lowest BCUT2D eigenvalue weighted by Crippen LogP contribution is -2.44. The Bertz CT molecular complexity index is 1590. The lowest BCUT2D eigenvalue weighted by atomic mass is 9.90. The van der Waals surface area contributed by atoms with E-state index in [-0.39, 0.29) is 11.5 Å². The molecule has 1 atom stereocenters. The van der Waals surface area contributed by atoms with Crippen molar-refractivity contribution in [2.24, 2.45) is 0 Å². The zero-order chi connectivity index (χ0) is 29.0. The first-order chi connectivity index (χ1) is 19.7. The number of carbonyl (C=O) groups excluding carboxylic acids is 1. The molecule has 1 aliphatic rings. The number of hydrogen-bond donors (Lipinski definition) is 1. The highest BCUT2D eigenvalue weighted by Crippen LogP contribution is 2.47. The van der Waals surface area contributed by atoms with Crippen molar-refractivity contribution < 1.29 is 28.9 Å². The van der Waals surface area contributed by atoms with E-state index < -0.39 is 17.9 Å². The predicted octanol–water partition coefficient (Wildman–Crippen LogP) is 7.61. The molecule has 0 spiro atoms. The van der Waals surface area contributed by atoms with Crippen molar-refractivity contribution in [2.45, 2.75) is 32.7 Å². The summed E-state index contributed by atoms with van der Waals surface area (Å²) in [6.45, 7) is 4.81. The van der Waals surface area contributed by atoms with Crippen LogP contribution in [-0.4, -0.2) is 23.0 Å². The van der Waals surface area contributed by atoms with Gasteiger partial charge in [0.05, 0.1) is 6.92 Å². The van der Waals surface area contributed by atoms with Gasteiger partial charge in [-0.3, -0.25) is 0 Å². The van der Waals surface area contributed by atoms with Crippen molar-refractivity contribution in [3.05, 3.63) is 137 Å². The summed E-state index contributed by atoms with van der Waals surface area (Å²) in [7, 11) is 0. The van der Waals surface area contributed by atoms with Crippen molar-refractivity contribution in [1.82, 2.24) is 0 Å². The Morgan fingerprint density at radius 1 is 0.732 bits per heavy atom. The maximum absolute atomic E-state index is 13.6. The van der Waals surface area contributed by atoms with E-state index in [0.29, 0.717) is 17.1 Å². The van der Waals surface area contributed by atoms with Crippen LogP contribution < -0.4 is 9.47 Å². The molecule has 4 aromatic carbocycles. The number of carboxylic acid groups (broad SMARTS) is 1. The topological polar surface area (TPSA) is 82.1 Å². The van der Waals surface area contributed by atoms with Crippen LogP contribution in [0.25, 0.3) is 17.2 Å². The van der Waals surface area contributed by atoms with E-state index in [1.165, 1.54) is 0 Å². The molecule has 0 saturated carbocycles. The zero-order valence-electron chi connectivity index (χ0n) is 23.0. The molecular weight excluding hydrogens is 516 g/mol. The van der Waals surface area contributed by atoms with Crippen molar-refractivity contribution in [2.75, 3.05) is 0 Å². The van der Waals surface area contributed by atoms with Crippen LogP contribution in [-0.2, 0) is 14.3 Å². The van der Waals surface area contributed by atoms with Crippen LogP contribution in [0.3, 0.4) is 0 Å². The lowest BCUT2D eigenvalue weighted by molar-refractivity contribution is -0.272. The summed E-state index contributed by atoms with van der Waals surface area (Å²) in [5.41, 5.74) is 5.35. The van der Waals surface area contributed by atoms with Crippen molar-refractivity contribution >= 4 is 18.0 Å². The van der Waals surface area contributed by atoms with Crippen LogP contribution >= 0.6 is 0 Å². The Labute approximate surface area is 239 Å². The number of rotatable bonds is 9. The van der Waals surface area contributed by atoms with Crippen LogP contribution in [0.1, 0.15) is 43.4 Å². The fraction of sp³-hybridized carbons (Fsp3) is 0.143. The van der Waals surface area contributed by atoms with E-state index in [1.54, 1.807) is 51.1 Å². The Morgan fingerprint density at radius 3 is 1.90 bits per heavy atom. The first-order valence-electron chi connectivity index (χ1n) is 13.3.